The molecular formula is C41H43N9O7. The number of carbonyl (C=O) groups is 7. The lowest BCUT2D eigenvalue weighted by Gasteiger charge is -2.32. The first-order chi connectivity index (χ1) is 27.4. The molecule has 1 aliphatic carbocycles. The summed E-state index contributed by atoms with van der Waals surface area (Å²) in [5.41, 5.74) is 3.16. The molecule has 16 nitrogen and oxygen atoms in total. The lowest BCUT2D eigenvalue weighted by atomic mass is 9.92. The van der Waals surface area contributed by atoms with Crippen LogP contribution in [0.25, 0.3) is 11.0 Å². The molecule has 4 aromatic rings. The molecule has 3 fully saturated rings. The molecule has 3 aliphatic heterocycles. The molecule has 8 rings (SSSR count). The molecule has 5 heterocycles. The highest BCUT2D eigenvalue weighted by molar-refractivity contribution is 6.24. The Morgan fingerprint density at radius 2 is 1.56 bits per heavy atom. The van der Waals surface area contributed by atoms with Crippen LogP contribution in [0.4, 0.5) is 17.3 Å². The van der Waals surface area contributed by atoms with Gasteiger partial charge in [-0.15, -0.1) is 0 Å². The summed E-state index contributed by atoms with van der Waals surface area (Å²) in [5.74, 6) is -2.37. The van der Waals surface area contributed by atoms with Crippen molar-refractivity contribution in [2.24, 2.45) is 5.92 Å². The first-order valence-corrected chi connectivity index (χ1v) is 19.4. The summed E-state index contributed by atoms with van der Waals surface area (Å²) in [5, 5.41) is 9.05. The van der Waals surface area contributed by atoms with Gasteiger partial charge in [-0.2, -0.15) is 4.98 Å². The maximum atomic E-state index is 13.4. The number of anilines is 3. The van der Waals surface area contributed by atoms with Gasteiger partial charge in [0.25, 0.3) is 23.6 Å². The Bertz CT molecular complexity index is 2320. The van der Waals surface area contributed by atoms with Gasteiger partial charge < -0.3 is 25.0 Å². The normalized spacial score (nSPS) is 18.9. The van der Waals surface area contributed by atoms with Crippen molar-refractivity contribution in [1.82, 2.24) is 34.6 Å². The molecule has 2 aromatic carbocycles. The molecule has 0 radical (unpaired) electrons. The number of amides is 7. The number of likely N-dealkylation sites (tertiary alicyclic amines) is 1. The highest BCUT2D eigenvalue weighted by Gasteiger charge is 2.44. The second-order valence-corrected chi connectivity index (χ2v) is 15.4. The largest absolute Gasteiger partial charge is 0.343 e. The van der Waals surface area contributed by atoms with E-state index in [9.17, 15) is 33.6 Å². The quantitative estimate of drug-likeness (QED) is 0.207. The Morgan fingerprint density at radius 1 is 0.860 bits per heavy atom. The highest BCUT2D eigenvalue weighted by atomic mass is 16.2. The summed E-state index contributed by atoms with van der Waals surface area (Å²) >= 11 is 0. The predicted molar refractivity (Wildman–Crippen MR) is 208 cm³/mol. The standard InChI is InChI=1S/C41H43N9O7/c1-47(2)40(57)32-20-25-22-42-41(46-35(25)49(32)28-5-3-4-6-28)44-26-9-7-24(8-10-26)37(54)48-17-15-23(16-18-48)19-34(52)43-27-11-12-29-30(21-27)39(56)50(38(29)55)31-13-14-33(51)45-36(31)53/h7-12,20-23,28,31H,3-6,13-19H2,1-2H3,(H,43,52)(H,42,44,46)(H,45,51,53). The third-order valence-electron chi connectivity index (χ3n) is 11.4. The number of aromatic nitrogens is 3. The maximum absolute atomic E-state index is 13.4. The summed E-state index contributed by atoms with van der Waals surface area (Å²) < 4.78 is 2.07. The van der Waals surface area contributed by atoms with Gasteiger partial charge in [0.05, 0.1) is 11.1 Å². The smallest absolute Gasteiger partial charge is 0.270 e. The van der Waals surface area contributed by atoms with E-state index in [1.54, 1.807) is 48.3 Å². The number of nitrogens with zero attached hydrogens (tertiary/aromatic N) is 6. The molecule has 4 aliphatic rings. The zero-order valence-corrected chi connectivity index (χ0v) is 31.7. The van der Waals surface area contributed by atoms with Crippen LogP contribution in [-0.2, 0) is 14.4 Å². The van der Waals surface area contributed by atoms with E-state index >= 15 is 0 Å². The fraction of sp³-hybridized carbons (Fsp3) is 0.390. The van der Waals surface area contributed by atoms with Crippen molar-refractivity contribution in [3.63, 3.8) is 0 Å². The van der Waals surface area contributed by atoms with Crippen molar-refractivity contribution in [2.75, 3.05) is 37.8 Å². The van der Waals surface area contributed by atoms with E-state index in [0.29, 0.717) is 54.5 Å². The molecule has 1 saturated carbocycles. The van der Waals surface area contributed by atoms with E-state index in [1.165, 1.54) is 12.1 Å². The molecule has 294 valence electrons. The van der Waals surface area contributed by atoms with Crippen LogP contribution in [0.2, 0.25) is 0 Å². The van der Waals surface area contributed by atoms with Crippen molar-refractivity contribution in [2.45, 2.75) is 69.9 Å². The van der Waals surface area contributed by atoms with Gasteiger partial charge in [-0.1, -0.05) is 12.8 Å². The molecule has 57 heavy (non-hydrogen) atoms. The molecule has 2 aromatic heterocycles. The average molecular weight is 774 g/mol. The lowest BCUT2D eigenvalue weighted by Crippen LogP contribution is -2.54. The molecule has 2 saturated heterocycles. The highest BCUT2D eigenvalue weighted by Crippen LogP contribution is 2.35. The Kier molecular flexibility index (Phi) is 10.0. The zero-order valence-electron chi connectivity index (χ0n) is 31.7. The van der Waals surface area contributed by atoms with E-state index in [4.69, 9.17) is 4.98 Å². The Labute approximate surface area is 328 Å². The van der Waals surface area contributed by atoms with Gasteiger partial charge in [0, 0.05) is 74.6 Å². The Hall–Kier alpha value is -6.45. The second-order valence-electron chi connectivity index (χ2n) is 15.4. The van der Waals surface area contributed by atoms with E-state index in [1.807, 2.05) is 18.2 Å². The third-order valence-corrected chi connectivity index (χ3v) is 11.4. The van der Waals surface area contributed by atoms with Crippen LogP contribution in [-0.4, -0.2) is 104 Å². The van der Waals surface area contributed by atoms with Crippen LogP contribution >= 0.6 is 0 Å². The summed E-state index contributed by atoms with van der Waals surface area (Å²) in [4.78, 5) is 103. The Morgan fingerprint density at radius 3 is 2.26 bits per heavy atom. The predicted octanol–water partition coefficient (Wildman–Crippen LogP) is 4.27. The lowest BCUT2D eigenvalue weighted by molar-refractivity contribution is -0.136. The Balaban J connectivity index is 0.843. The second kappa shape index (κ2) is 15.2. The minimum absolute atomic E-state index is 0.0266. The van der Waals surface area contributed by atoms with Crippen LogP contribution in [0.3, 0.4) is 0 Å². The summed E-state index contributed by atoms with van der Waals surface area (Å²) in [7, 11) is 3.49. The minimum atomic E-state index is -1.07. The number of piperidine rings is 2. The van der Waals surface area contributed by atoms with E-state index in [2.05, 4.69) is 25.5 Å². The van der Waals surface area contributed by atoms with Crippen molar-refractivity contribution in [1.29, 1.82) is 0 Å². The number of rotatable bonds is 9. The molecule has 1 unspecified atom stereocenters. The molecule has 0 bridgehead atoms. The SMILES string of the molecule is CN(C)C(=O)c1cc2cnc(Nc3ccc(C(=O)N4CCC(CC(=O)Nc5ccc6c(c5)C(=O)N(C5CCC(=O)NC5=O)C6=O)CC4)cc3)nc2n1C1CCCC1. The van der Waals surface area contributed by atoms with Crippen molar-refractivity contribution >= 4 is 69.7 Å². The fourth-order valence-corrected chi connectivity index (χ4v) is 8.37. The first-order valence-electron chi connectivity index (χ1n) is 19.4. The van der Waals surface area contributed by atoms with Crippen molar-refractivity contribution in [3.05, 3.63) is 77.1 Å². The van der Waals surface area contributed by atoms with E-state index in [0.717, 1.165) is 41.6 Å². The number of hydrogen-bond donors (Lipinski definition) is 3. The molecule has 7 amide bonds. The molecule has 16 heteroatoms. The first kappa shape index (κ1) is 37.5. The average Bonchev–Trinajstić information content (AvgIpc) is 3.92. The topological polar surface area (TPSA) is 196 Å². The van der Waals surface area contributed by atoms with Crippen LogP contribution in [0.5, 0.6) is 0 Å². The van der Waals surface area contributed by atoms with Crippen LogP contribution in [0.1, 0.15) is 105 Å². The van der Waals surface area contributed by atoms with E-state index in [-0.39, 0.29) is 60.1 Å². The number of benzene rings is 2. The maximum Gasteiger partial charge on any atom is 0.270 e. The van der Waals surface area contributed by atoms with Gasteiger partial charge in [0.1, 0.15) is 17.4 Å². The number of hydrogen-bond acceptors (Lipinski definition) is 10. The van der Waals surface area contributed by atoms with Gasteiger partial charge in [-0.05, 0) is 86.6 Å². The summed E-state index contributed by atoms with van der Waals surface area (Å²) in [6.45, 7) is 0.991. The van der Waals surface area contributed by atoms with Gasteiger partial charge in [0.15, 0.2) is 0 Å². The third kappa shape index (κ3) is 7.34. The van der Waals surface area contributed by atoms with Crippen LogP contribution in [0, 0.1) is 5.92 Å². The molecular weight excluding hydrogens is 731 g/mol. The van der Waals surface area contributed by atoms with Crippen molar-refractivity contribution in [3.8, 4) is 0 Å². The number of fused-ring (bicyclic) bond motifs is 2. The molecule has 3 N–H and O–H groups in total. The summed E-state index contributed by atoms with van der Waals surface area (Å²) in [6.07, 6.45) is 7.53. The number of carbonyl (C=O) groups excluding carboxylic acids is 7. The minimum Gasteiger partial charge on any atom is -0.343 e. The van der Waals surface area contributed by atoms with Crippen molar-refractivity contribution < 1.29 is 33.6 Å². The van der Waals surface area contributed by atoms with Gasteiger partial charge in [0.2, 0.25) is 23.7 Å². The van der Waals surface area contributed by atoms with Gasteiger partial charge in [-0.3, -0.25) is 43.8 Å². The zero-order chi connectivity index (χ0) is 40.0. The monoisotopic (exact) mass is 773 g/mol. The molecule has 0 spiro atoms. The fourth-order valence-electron chi connectivity index (χ4n) is 8.37. The number of nitrogens with one attached hydrogen (secondary N) is 3. The summed E-state index contributed by atoms with van der Waals surface area (Å²) in [6, 6.07) is 12.6. The molecule has 1 atom stereocenters. The van der Waals surface area contributed by atoms with Crippen LogP contribution in [0.15, 0.2) is 54.7 Å². The van der Waals surface area contributed by atoms with E-state index < -0.39 is 29.7 Å². The van der Waals surface area contributed by atoms with Gasteiger partial charge >= 0.3 is 0 Å². The van der Waals surface area contributed by atoms with Gasteiger partial charge in [-0.25, -0.2) is 4.98 Å². The number of imide groups is 2. The van der Waals surface area contributed by atoms with Crippen LogP contribution < -0.4 is 16.0 Å².